The molecule has 2 heterocycles. The number of nitrogens with zero attached hydrogens (tertiary/aromatic N) is 2. The number of rotatable bonds is 9. The van der Waals surface area contributed by atoms with Crippen molar-refractivity contribution in [3.63, 3.8) is 0 Å². The van der Waals surface area contributed by atoms with E-state index < -0.39 is 11.9 Å². The number of aromatic nitrogens is 2. The minimum absolute atomic E-state index is 0.00881. The fourth-order valence-electron chi connectivity index (χ4n) is 3.06. The smallest absolute Gasteiger partial charge is 0.342 e. The molecule has 0 aliphatic rings. The highest BCUT2D eigenvalue weighted by Gasteiger charge is 2.24. The van der Waals surface area contributed by atoms with Crippen LogP contribution in [0, 0.1) is 6.92 Å². The number of carbonyl (C=O) groups is 3. The van der Waals surface area contributed by atoms with Crippen molar-refractivity contribution in [1.29, 1.82) is 0 Å². The first-order valence-corrected chi connectivity index (χ1v) is 10.1. The molecule has 1 aromatic carbocycles. The molecule has 3 N–H and O–H groups in total. The van der Waals surface area contributed by atoms with Gasteiger partial charge < -0.3 is 24.9 Å². The van der Waals surface area contributed by atoms with Gasteiger partial charge in [0, 0.05) is 6.54 Å². The maximum absolute atomic E-state index is 12.2. The Morgan fingerprint density at radius 2 is 1.88 bits per heavy atom. The van der Waals surface area contributed by atoms with Crippen LogP contribution in [0.3, 0.4) is 0 Å². The van der Waals surface area contributed by atoms with E-state index in [9.17, 15) is 14.4 Å². The fraction of sp³-hybridized carbons (Fsp3) is 0.318. The average molecular weight is 440 g/mol. The number of nitrogens with one attached hydrogen (secondary N) is 1. The zero-order valence-electron chi connectivity index (χ0n) is 17.8. The van der Waals surface area contributed by atoms with Crippen molar-refractivity contribution >= 4 is 34.8 Å². The van der Waals surface area contributed by atoms with Crippen LogP contribution < -0.4 is 11.1 Å². The second kappa shape index (κ2) is 10.4. The summed E-state index contributed by atoms with van der Waals surface area (Å²) in [5.41, 5.74) is 7.15. The lowest BCUT2D eigenvalue weighted by Gasteiger charge is -2.07. The van der Waals surface area contributed by atoms with Gasteiger partial charge in [-0.15, -0.1) is 0 Å². The number of benzene rings is 1. The third-order valence-corrected chi connectivity index (χ3v) is 4.50. The summed E-state index contributed by atoms with van der Waals surface area (Å²) in [7, 11) is 0. The summed E-state index contributed by atoms with van der Waals surface area (Å²) >= 11 is 0. The number of aryl methyl sites for hydroxylation is 1. The van der Waals surface area contributed by atoms with Gasteiger partial charge in [0.15, 0.2) is 12.4 Å². The Balaban J connectivity index is 1.52. The number of hydrogen-bond donors (Lipinski definition) is 2. The molecule has 0 radical (unpaired) electrons. The maximum Gasteiger partial charge on any atom is 0.342 e. The zero-order chi connectivity index (χ0) is 23.1. The van der Waals surface area contributed by atoms with Gasteiger partial charge in [0.05, 0.1) is 24.8 Å². The molecule has 0 saturated carbocycles. The first kappa shape index (κ1) is 22.7. The predicted octanol–water partition coefficient (Wildman–Crippen LogP) is 2.08. The molecule has 0 fully saturated rings. The van der Waals surface area contributed by atoms with Crippen molar-refractivity contribution in [2.24, 2.45) is 0 Å². The fourth-order valence-corrected chi connectivity index (χ4v) is 3.06. The normalized spacial score (nSPS) is 10.7. The van der Waals surface area contributed by atoms with Gasteiger partial charge in [0.1, 0.15) is 17.1 Å². The van der Waals surface area contributed by atoms with Crippen LogP contribution in [0.1, 0.15) is 40.9 Å². The van der Waals surface area contributed by atoms with Crippen LogP contribution >= 0.6 is 0 Å². The van der Waals surface area contributed by atoms with Gasteiger partial charge in [-0.25, -0.2) is 9.78 Å². The van der Waals surface area contributed by atoms with Gasteiger partial charge in [-0.1, -0.05) is 30.3 Å². The predicted molar refractivity (Wildman–Crippen MR) is 114 cm³/mol. The van der Waals surface area contributed by atoms with Crippen LogP contribution in [0.15, 0.2) is 34.7 Å². The summed E-state index contributed by atoms with van der Waals surface area (Å²) in [6.45, 7) is 3.40. The standard InChI is InChI=1S/C22H24N4O6/c1-3-30-22(29)18-13(2)32-21-19(18)20(23)25-15(26-21)12-31-17(28)9-10-24-16(27)11-14-7-5-4-6-8-14/h4-8H,3,9-12H2,1-2H3,(H,24,27)(H2,23,25,26). The van der Waals surface area contributed by atoms with E-state index in [1.807, 2.05) is 30.3 Å². The number of hydrogen-bond acceptors (Lipinski definition) is 9. The highest BCUT2D eigenvalue weighted by Crippen LogP contribution is 2.29. The molecule has 10 heteroatoms. The molecule has 0 aliphatic carbocycles. The molecular formula is C22H24N4O6. The van der Waals surface area contributed by atoms with Gasteiger partial charge >= 0.3 is 11.9 Å². The summed E-state index contributed by atoms with van der Waals surface area (Å²) in [4.78, 5) is 44.3. The van der Waals surface area contributed by atoms with E-state index in [2.05, 4.69) is 15.3 Å². The van der Waals surface area contributed by atoms with Crippen molar-refractivity contribution in [1.82, 2.24) is 15.3 Å². The highest BCUT2D eigenvalue weighted by atomic mass is 16.5. The molecular weight excluding hydrogens is 416 g/mol. The van der Waals surface area contributed by atoms with E-state index in [1.54, 1.807) is 13.8 Å². The van der Waals surface area contributed by atoms with Gasteiger partial charge in [-0.2, -0.15) is 4.98 Å². The Hall–Kier alpha value is -3.95. The molecule has 0 bridgehead atoms. The maximum atomic E-state index is 12.2. The van der Waals surface area contributed by atoms with Crippen molar-refractivity contribution in [2.75, 3.05) is 18.9 Å². The monoisotopic (exact) mass is 440 g/mol. The Morgan fingerprint density at radius 1 is 1.12 bits per heavy atom. The second-order valence-electron chi connectivity index (χ2n) is 6.88. The molecule has 0 unspecified atom stereocenters. The molecule has 2 aromatic heterocycles. The molecule has 0 saturated heterocycles. The lowest BCUT2D eigenvalue weighted by Crippen LogP contribution is -2.28. The van der Waals surface area contributed by atoms with Crippen molar-refractivity contribution < 1.29 is 28.3 Å². The van der Waals surface area contributed by atoms with E-state index in [4.69, 9.17) is 19.6 Å². The van der Waals surface area contributed by atoms with Crippen LogP contribution in [-0.4, -0.2) is 41.0 Å². The van der Waals surface area contributed by atoms with Crippen LogP contribution in [0.2, 0.25) is 0 Å². The molecule has 3 rings (SSSR count). The van der Waals surface area contributed by atoms with Gasteiger partial charge in [-0.05, 0) is 19.4 Å². The summed E-state index contributed by atoms with van der Waals surface area (Å²) < 4.78 is 15.7. The minimum atomic E-state index is -0.576. The first-order valence-electron chi connectivity index (χ1n) is 10.1. The number of nitrogens with two attached hydrogens (primary N) is 1. The number of ether oxygens (including phenoxy) is 2. The van der Waals surface area contributed by atoms with E-state index in [1.165, 1.54) is 0 Å². The Kier molecular flexibility index (Phi) is 7.37. The largest absolute Gasteiger partial charge is 0.462 e. The molecule has 0 spiro atoms. The lowest BCUT2D eigenvalue weighted by atomic mass is 10.1. The molecule has 32 heavy (non-hydrogen) atoms. The zero-order valence-corrected chi connectivity index (χ0v) is 17.8. The molecule has 0 atom stereocenters. The Bertz CT molecular complexity index is 1130. The SMILES string of the molecule is CCOC(=O)c1c(C)oc2nc(COC(=O)CCNC(=O)Cc3ccccc3)nc(N)c12. The summed E-state index contributed by atoms with van der Waals surface area (Å²) in [5, 5.41) is 2.93. The summed E-state index contributed by atoms with van der Waals surface area (Å²) in [6.07, 6.45) is 0.227. The molecule has 0 aliphatic heterocycles. The van der Waals surface area contributed by atoms with Crippen molar-refractivity contribution in [3.05, 3.63) is 53.0 Å². The third-order valence-electron chi connectivity index (χ3n) is 4.50. The van der Waals surface area contributed by atoms with Gasteiger partial charge in [0.25, 0.3) is 0 Å². The average Bonchev–Trinajstić information content (AvgIpc) is 3.09. The number of amides is 1. The number of esters is 2. The molecule has 168 valence electrons. The second-order valence-corrected chi connectivity index (χ2v) is 6.88. The van der Waals surface area contributed by atoms with Crippen molar-refractivity contribution in [3.8, 4) is 0 Å². The molecule has 1 amide bonds. The first-order chi connectivity index (χ1) is 15.4. The topological polar surface area (TPSA) is 147 Å². The number of nitrogen functional groups attached to an aromatic ring is 1. The number of fused-ring (bicyclic) bond motifs is 1. The van der Waals surface area contributed by atoms with Gasteiger partial charge in [0.2, 0.25) is 11.6 Å². The van der Waals surface area contributed by atoms with Crippen LogP contribution in [-0.2, 0) is 32.1 Å². The van der Waals surface area contributed by atoms with Crippen LogP contribution in [0.5, 0.6) is 0 Å². The summed E-state index contributed by atoms with van der Waals surface area (Å²) in [5.74, 6) is -0.839. The molecule has 10 nitrogen and oxygen atoms in total. The summed E-state index contributed by atoms with van der Waals surface area (Å²) in [6, 6.07) is 9.29. The van der Waals surface area contributed by atoms with Crippen molar-refractivity contribution in [2.45, 2.75) is 33.3 Å². The number of carbonyl (C=O) groups excluding carboxylic acids is 3. The highest BCUT2D eigenvalue weighted by molar-refractivity contribution is 6.07. The Morgan fingerprint density at radius 3 is 2.59 bits per heavy atom. The van der Waals surface area contributed by atoms with E-state index >= 15 is 0 Å². The Labute approximate surface area is 184 Å². The minimum Gasteiger partial charge on any atom is -0.462 e. The van der Waals surface area contributed by atoms with E-state index in [0.29, 0.717) is 5.76 Å². The van der Waals surface area contributed by atoms with Gasteiger partial charge in [-0.3, -0.25) is 9.59 Å². The van der Waals surface area contributed by atoms with E-state index in [0.717, 1.165) is 5.56 Å². The van der Waals surface area contributed by atoms with E-state index in [-0.39, 0.29) is 66.8 Å². The third kappa shape index (κ3) is 5.60. The lowest BCUT2D eigenvalue weighted by molar-refractivity contribution is -0.145. The van der Waals surface area contributed by atoms with Crippen LogP contribution in [0.25, 0.3) is 11.1 Å². The molecule has 3 aromatic rings. The number of furan rings is 1. The number of anilines is 1. The van der Waals surface area contributed by atoms with Crippen LogP contribution in [0.4, 0.5) is 5.82 Å². The quantitative estimate of drug-likeness (QED) is 0.477.